The van der Waals surface area contributed by atoms with Crippen LogP contribution < -0.4 is 21.2 Å². The van der Waals surface area contributed by atoms with E-state index in [0.29, 0.717) is 16.9 Å². The zero-order chi connectivity index (χ0) is 18.4. The molecule has 1 aromatic carbocycles. The summed E-state index contributed by atoms with van der Waals surface area (Å²) in [5.41, 5.74) is 5.44. The Balaban J connectivity index is 2.09. The highest BCUT2D eigenvalue weighted by Crippen LogP contribution is 2.24. The van der Waals surface area contributed by atoms with Crippen LogP contribution in [0, 0.1) is 6.92 Å². The van der Waals surface area contributed by atoms with Crippen LogP contribution in [0.1, 0.15) is 24.5 Å². The van der Waals surface area contributed by atoms with Crippen LogP contribution in [-0.2, 0) is 16.0 Å². The predicted octanol–water partition coefficient (Wildman–Crippen LogP) is 1.82. The zero-order valence-electron chi connectivity index (χ0n) is 14.3. The van der Waals surface area contributed by atoms with Gasteiger partial charge in [0.2, 0.25) is 5.91 Å². The third kappa shape index (κ3) is 4.50. The maximum Gasteiger partial charge on any atom is 0.426 e. The smallest absolute Gasteiger partial charge is 0.426 e. The maximum absolute atomic E-state index is 12.2. The zero-order valence-corrected chi connectivity index (χ0v) is 14.3. The molecule has 0 fully saturated rings. The first kappa shape index (κ1) is 18.3. The Morgan fingerprint density at radius 1 is 1.24 bits per heavy atom. The lowest BCUT2D eigenvalue weighted by Crippen LogP contribution is -2.42. The molecule has 0 spiro atoms. The number of carbonyl (C=O) groups excluding carboxylic acids is 2. The van der Waals surface area contributed by atoms with E-state index in [4.69, 9.17) is 9.15 Å². The number of amides is 2. The first-order chi connectivity index (χ1) is 12.0. The molecule has 0 saturated carbocycles. The van der Waals surface area contributed by atoms with Gasteiger partial charge in [0.15, 0.2) is 0 Å². The fourth-order valence-electron chi connectivity index (χ4n) is 2.38. The Hall–Kier alpha value is -3.03. The molecule has 0 atom stereocenters. The summed E-state index contributed by atoms with van der Waals surface area (Å²) in [7, 11) is 1.53. The number of rotatable bonds is 5. The van der Waals surface area contributed by atoms with Gasteiger partial charge < -0.3 is 13.9 Å². The minimum atomic E-state index is -0.744. The number of nitrogens with one attached hydrogen (secondary N) is 2. The molecule has 25 heavy (non-hydrogen) atoms. The Bertz CT molecular complexity index is 843. The third-order valence-corrected chi connectivity index (χ3v) is 3.68. The first-order valence-corrected chi connectivity index (χ1v) is 7.78. The van der Waals surface area contributed by atoms with Crippen molar-refractivity contribution in [1.82, 2.24) is 10.9 Å². The van der Waals surface area contributed by atoms with E-state index in [1.807, 2.05) is 0 Å². The summed E-state index contributed by atoms with van der Waals surface area (Å²) in [6.07, 6.45) is -0.544. The summed E-state index contributed by atoms with van der Waals surface area (Å²) in [4.78, 5) is 35.1. The molecule has 1 aromatic heterocycles. The van der Waals surface area contributed by atoms with Crippen LogP contribution >= 0.6 is 0 Å². The second-order valence-corrected chi connectivity index (χ2v) is 5.25. The fourth-order valence-corrected chi connectivity index (χ4v) is 2.38. The van der Waals surface area contributed by atoms with Gasteiger partial charge in [-0.15, -0.1) is 0 Å². The van der Waals surface area contributed by atoms with Gasteiger partial charge in [0.25, 0.3) is 0 Å². The van der Waals surface area contributed by atoms with Crippen LogP contribution in [0.15, 0.2) is 27.4 Å². The highest BCUT2D eigenvalue weighted by Gasteiger charge is 2.14. The number of benzene rings is 1. The molecule has 2 amide bonds. The molecule has 2 rings (SSSR count). The number of aryl methyl sites for hydroxylation is 1. The molecule has 8 heteroatoms. The van der Waals surface area contributed by atoms with E-state index in [1.54, 1.807) is 32.0 Å². The summed E-state index contributed by atoms with van der Waals surface area (Å²) in [5.74, 6) is 0.147. The number of hydrogen-bond donors (Lipinski definition) is 2. The molecule has 0 aliphatic rings. The van der Waals surface area contributed by atoms with Gasteiger partial charge in [-0.25, -0.2) is 15.0 Å². The number of carbonyl (C=O) groups is 2. The van der Waals surface area contributed by atoms with Crippen molar-refractivity contribution in [2.75, 3.05) is 13.7 Å². The molecule has 0 aliphatic carbocycles. The Morgan fingerprint density at radius 3 is 2.68 bits per heavy atom. The minimum Gasteiger partial charge on any atom is -0.497 e. The third-order valence-electron chi connectivity index (χ3n) is 3.68. The molecule has 0 aliphatic heterocycles. The number of ether oxygens (including phenoxy) is 2. The van der Waals surface area contributed by atoms with E-state index in [-0.39, 0.29) is 19.4 Å². The molecule has 8 nitrogen and oxygen atoms in total. The van der Waals surface area contributed by atoms with Crippen molar-refractivity contribution in [1.29, 1.82) is 0 Å². The van der Waals surface area contributed by atoms with Crippen molar-refractivity contribution in [2.45, 2.75) is 26.7 Å². The standard InChI is InChI=1S/C17H20N2O6/c1-4-24-17(22)19-18-15(20)8-7-13-10(2)12-6-5-11(23-3)9-14(12)25-16(13)21/h5-6,9H,4,7-8H2,1-3H3,(H,18,20)(H,19,22). The molecule has 0 bridgehead atoms. The molecular formula is C17H20N2O6. The molecule has 134 valence electrons. The van der Waals surface area contributed by atoms with Crippen LogP contribution in [0.25, 0.3) is 11.0 Å². The van der Waals surface area contributed by atoms with Crippen molar-refractivity contribution in [3.05, 3.63) is 39.7 Å². The number of fused-ring (bicyclic) bond motifs is 1. The van der Waals surface area contributed by atoms with E-state index in [0.717, 1.165) is 10.9 Å². The Labute approximate surface area is 144 Å². The SMILES string of the molecule is CCOC(=O)NNC(=O)CCc1c(C)c2ccc(OC)cc2oc1=O. The van der Waals surface area contributed by atoms with E-state index in [2.05, 4.69) is 15.6 Å². The van der Waals surface area contributed by atoms with Crippen molar-refractivity contribution in [3.63, 3.8) is 0 Å². The second-order valence-electron chi connectivity index (χ2n) is 5.25. The number of hydrogen-bond acceptors (Lipinski definition) is 6. The molecule has 0 saturated heterocycles. The van der Waals surface area contributed by atoms with E-state index in [9.17, 15) is 14.4 Å². The van der Waals surface area contributed by atoms with Crippen LogP contribution in [0.4, 0.5) is 4.79 Å². The monoisotopic (exact) mass is 348 g/mol. The maximum atomic E-state index is 12.2. The van der Waals surface area contributed by atoms with Crippen LogP contribution in [-0.4, -0.2) is 25.7 Å². The summed E-state index contributed by atoms with van der Waals surface area (Å²) < 4.78 is 15.1. The lowest BCUT2D eigenvalue weighted by atomic mass is 10.0. The average Bonchev–Trinajstić information content (AvgIpc) is 2.59. The van der Waals surface area contributed by atoms with Crippen LogP contribution in [0.5, 0.6) is 5.75 Å². The molecule has 1 heterocycles. The largest absolute Gasteiger partial charge is 0.497 e. The molecule has 2 aromatic rings. The van der Waals surface area contributed by atoms with Gasteiger partial charge in [0.05, 0.1) is 13.7 Å². The average molecular weight is 348 g/mol. The van der Waals surface area contributed by atoms with Crippen LogP contribution in [0.2, 0.25) is 0 Å². The van der Waals surface area contributed by atoms with Gasteiger partial charge in [-0.05, 0) is 38.0 Å². The lowest BCUT2D eigenvalue weighted by Gasteiger charge is -2.09. The normalized spacial score (nSPS) is 10.4. The van der Waals surface area contributed by atoms with Crippen molar-refractivity contribution in [3.8, 4) is 5.75 Å². The topological polar surface area (TPSA) is 107 Å². The van der Waals surface area contributed by atoms with Gasteiger partial charge in [-0.1, -0.05) is 0 Å². The highest BCUT2D eigenvalue weighted by molar-refractivity contribution is 5.83. The van der Waals surface area contributed by atoms with Gasteiger partial charge in [0.1, 0.15) is 11.3 Å². The van der Waals surface area contributed by atoms with Crippen molar-refractivity contribution >= 4 is 23.0 Å². The molecule has 2 N–H and O–H groups in total. The van der Waals surface area contributed by atoms with E-state index in [1.165, 1.54) is 7.11 Å². The fraction of sp³-hybridized carbons (Fsp3) is 0.353. The summed E-state index contributed by atoms with van der Waals surface area (Å²) in [6, 6.07) is 5.22. The number of hydrazine groups is 1. The van der Waals surface area contributed by atoms with Crippen molar-refractivity contribution in [2.24, 2.45) is 0 Å². The van der Waals surface area contributed by atoms with Gasteiger partial charge >= 0.3 is 11.7 Å². The van der Waals surface area contributed by atoms with Gasteiger partial charge in [-0.2, -0.15) is 0 Å². The van der Waals surface area contributed by atoms with E-state index < -0.39 is 17.6 Å². The van der Waals surface area contributed by atoms with E-state index >= 15 is 0 Å². The summed E-state index contributed by atoms with van der Waals surface area (Å²) in [5, 5.41) is 0.778. The summed E-state index contributed by atoms with van der Waals surface area (Å²) in [6.45, 7) is 3.65. The van der Waals surface area contributed by atoms with Gasteiger partial charge in [0, 0.05) is 23.4 Å². The first-order valence-electron chi connectivity index (χ1n) is 7.78. The Kier molecular flexibility index (Phi) is 5.99. The lowest BCUT2D eigenvalue weighted by molar-refractivity contribution is -0.121. The van der Waals surface area contributed by atoms with Gasteiger partial charge in [-0.3, -0.25) is 10.2 Å². The minimum absolute atomic E-state index is 0.0136. The summed E-state index contributed by atoms with van der Waals surface area (Å²) >= 11 is 0. The second kappa shape index (κ2) is 8.18. The van der Waals surface area contributed by atoms with Crippen molar-refractivity contribution < 1.29 is 23.5 Å². The quantitative estimate of drug-likeness (QED) is 0.630. The Morgan fingerprint density at radius 2 is 2.00 bits per heavy atom. The predicted molar refractivity (Wildman–Crippen MR) is 90.4 cm³/mol. The van der Waals surface area contributed by atoms with Crippen LogP contribution in [0.3, 0.4) is 0 Å². The molecule has 0 radical (unpaired) electrons. The molecular weight excluding hydrogens is 328 g/mol. The molecule has 0 unspecified atom stereocenters. The number of methoxy groups -OCH3 is 1. The highest BCUT2D eigenvalue weighted by atomic mass is 16.6.